The van der Waals surface area contributed by atoms with Crippen molar-refractivity contribution in [3.63, 3.8) is 0 Å². The van der Waals surface area contributed by atoms with Crippen LogP contribution in [0.25, 0.3) is 0 Å². The molecule has 0 aliphatic carbocycles. The summed E-state index contributed by atoms with van der Waals surface area (Å²) in [5.41, 5.74) is 0.849. The number of quaternary nitrogens is 1. The van der Waals surface area contributed by atoms with Gasteiger partial charge in [-0.1, -0.05) is 36.9 Å². The number of rotatable bonds is 4. The van der Waals surface area contributed by atoms with Crippen LogP contribution in [0.1, 0.15) is 12.5 Å². The second kappa shape index (κ2) is 4.17. The molecule has 0 heterocycles. The molecule has 0 saturated heterocycles. The Kier molecular flexibility index (Phi) is 3.32. The highest BCUT2D eigenvalue weighted by molar-refractivity contribution is 5.18. The molecule has 0 fully saturated rings. The Morgan fingerprint density at radius 3 is 2.27 bits per heavy atom. The summed E-state index contributed by atoms with van der Waals surface area (Å²) < 4.78 is -0.106. The van der Waals surface area contributed by atoms with Gasteiger partial charge in [-0.05, 0) is 18.6 Å². The van der Waals surface area contributed by atoms with E-state index in [2.05, 4.69) is 18.7 Å². The lowest BCUT2D eigenvalue weighted by Crippen LogP contribution is -2.55. The van der Waals surface area contributed by atoms with Crippen LogP contribution in [0.4, 0.5) is 0 Å². The lowest BCUT2D eigenvalue weighted by atomic mass is 9.91. The molecule has 1 unspecified atom stereocenters. The van der Waals surface area contributed by atoms with Crippen molar-refractivity contribution in [2.24, 2.45) is 0 Å². The molecular weight excluding hydrogens is 186 g/mol. The number of likely N-dealkylation sites (N-methyl/N-ethyl adjacent to an activating group) is 1. The van der Waals surface area contributed by atoms with Crippen LogP contribution < -0.4 is 0 Å². The fourth-order valence-electron chi connectivity index (χ4n) is 1.50. The van der Waals surface area contributed by atoms with Crippen molar-refractivity contribution < 1.29 is 9.85 Å². The second-order valence-electron chi connectivity index (χ2n) is 4.62. The first-order chi connectivity index (χ1) is 6.89. The number of nitrogens with zero attached hydrogens (tertiary/aromatic N) is 1. The van der Waals surface area contributed by atoms with E-state index in [9.17, 15) is 5.21 Å². The van der Waals surface area contributed by atoms with Crippen molar-refractivity contribution in [3.05, 3.63) is 48.6 Å². The number of benzene rings is 1. The topological polar surface area (TPSA) is 20.2 Å². The molecule has 0 bridgehead atoms. The molecule has 0 aliphatic rings. The predicted octanol–water partition coefficient (Wildman–Crippen LogP) is 2.64. The molecule has 15 heavy (non-hydrogen) atoms. The zero-order valence-electron chi connectivity index (χ0n) is 9.77. The summed E-state index contributed by atoms with van der Waals surface area (Å²) in [6, 6.07) is 10.1. The summed E-state index contributed by atoms with van der Waals surface area (Å²) in [7, 11) is 3.54. The van der Waals surface area contributed by atoms with E-state index >= 15 is 0 Å². The first-order valence-corrected chi connectivity index (χ1v) is 5.13. The first kappa shape index (κ1) is 12.0. The summed E-state index contributed by atoms with van der Waals surface area (Å²) in [4.78, 5) is 0. The maximum absolute atomic E-state index is 10.1. The molecule has 1 atom stereocenters. The van der Waals surface area contributed by atoms with Gasteiger partial charge in [-0.2, -0.15) is 4.65 Å². The van der Waals surface area contributed by atoms with Crippen molar-refractivity contribution in [1.29, 1.82) is 0 Å². The summed E-state index contributed by atoms with van der Waals surface area (Å²) in [6.07, 6.45) is 2.60. The van der Waals surface area contributed by atoms with Gasteiger partial charge in [-0.15, -0.1) is 0 Å². The maximum atomic E-state index is 10.1. The Balaban J connectivity index is 2.92. The SMILES string of the molecule is C=CC(C)(Cc1ccccc1)[N+](C)(C)O. The quantitative estimate of drug-likeness (QED) is 0.456. The van der Waals surface area contributed by atoms with Crippen molar-refractivity contribution in [1.82, 2.24) is 0 Å². The van der Waals surface area contributed by atoms with E-state index in [4.69, 9.17) is 0 Å². The van der Waals surface area contributed by atoms with E-state index in [1.165, 1.54) is 5.56 Å². The minimum atomic E-state index is -0.360. The van der Waals surface area contributed by atoms with E-state index < -0.39 is 0 Å². The molecule has 1 aromatic rings. The van der Waals surface area contributed by atoms with Gasteiger partial charge >= 0.3 is 0 Å². The van der Waals surface area contributed by atoms with Gasteiger partial charge in [0, 0.05) is 6.42 Å². The third kappa shape index (κ3) is 2.67. The molecule has 0 amide bonds. The molecule has 0 spiro atoms. The smallest absolute Gasteiger partial charge is 0.148 e. The number of hydrogen-bond acceptors (Lipinski definition) is 1. The van der Waals surface area contributed by atoms with Crippen molar-refractivity contribution in [2.45, 2.75) is 18.9 Å². The summed E-state index contributed by atoms with van der Waals surface area (Å²) in [6.45, 7) is 5.83. The maximum Gasteiger partial charge on any atom is 0.148 e. The van der Waals surface area contributed by atoms with Gasteiger partial charge in [0.2, 0.25) is 0 Å². The van der Waals surface area contributed by atoms with E-state index in [1.54, 1.807) is 14.1 Å². The highest BCUT2D eigenvalue weighted by atomic mass is 16.5. The van der Waals surface area contributed by atoms with Gasteiger partial charge in [0.05, 0.1) is 14.1 Å². The van der Waals surface area contributed by atoms with Crippen LogP contribution in [0.3, 0.4) is 0 Å². The average molecular weight is 206 g/mol. The Labute approximate surface area is 92.0 Å². The Morgan fingerprint density at radius 2 is 1.87 bits per heavy atom. The fourth-order valence-corrected chi connectivity index (χ4v) is 1.50. The molecule has 1 rings (SSSR count). The number of hydroxylamine groups is 3. The standard InChI is InChI=1S/C13H20NO/c1-5-13(2,14(3,4)15)11-12-9-7-6-8-10-12/h5-10,15H,1,11H2,2-4H3/q+1. The van der Waals surface area contributed by atoms with Gasteiger partial charge in [0.15, 0.2) is 0 Å². The minimum Gasteiger partial charge on any atom is -0.217 e. The largest absolute Gasteiger partial charge is 0.217 e. The minimum absolute atomic E-state index is 0.106. The van der Waals surface area contributed by atoms with Gasteiger partial charge in [-0.3, -0.25) is 0 Å². The lowest BCUT2D eigenvalue weighted by Gasteiger charge is -2.38. The molecule has 1 N–H and O–H groups in total. The molecule has 0 aliphatic heterocycles. The third-order valence-corrected chi connectivity index (χ3v) is 3.09. The van der Waals surface area contributed by atoms with Gasteiger partial charge in [-0.25, -0.2) is 5.21 Å². The number of hydrogen-bond donors (Lipinski definition) is 1. The van der Waals surface area contributed by atoms with Gasteiger partial charge in [0.1, 0.15) is 5.54 Å². The molecule has 0 radical (unpaired) electrons. The van der Waals surface area contributed by atoms with E-state index in [1.807, 2.05) is 31.2 Å². The van der Waals surface area contributed by atoms with E-state index in [0.29, 0.717) is 0 Å². The molecular formula is C13H20NO+. The molecule has 82 valence electrons. The first-order valence-electron chi connectivity index (χ1n) is 5.13. The highest BCUT2D eigenvalue weighted by Crippen LogP contribution is 2.24. The molecule has 1 aromatic carbocycles. The van der Waals surface area contributed by atoms with Crippen LogP contribution in [0, 0.1) is 0 Å². The molecule has 0 saturated carbocycles. The van der Waals surface area contributed by atoms with Crippen molar-refractivity contribution in [3.8, 4) is 0 Å². The Bertz CT molecular complexity index is 326. The Morgan fingerprint density at radius 1 is 1.33 bits per heavy atom. The summed E-state index contributed by atoms with van der Waals surface area (Å²) >= 11 is 0. The molecule has 2 nitrogen and oxygen atoms in total. The second-order valence-corrected chi connectivity index (χ2v) is 4.62. The van der Waals surface area contributed by atoms with Crippen LogP contribution in [0.2, 0.25) is 0 Å². The Hall–Kier alpha value is -1.12. The van der Waals surface area contributed by atoms with Gasteiger partial charge in [0.25, 0.3) is 0 Å². The van der Waals surface area contributed by atoms with E-state index in [-0.39, 0.29) is 10.2 Å². The molecule has 2 heteroatoms. The van der Waals surface area contributed by atoms with Crippen LogP contribution in [-0.4, -0.2) is 29.5 Å². The lowest BCUT2D eigenvalue weighted by molar-refractivity contribution is -1.10. The van der Waals surface area contributed by atoms with Gasteiger partial charge < -0.3 is 0 Å². The van der Waals surface area contributed by atoms with E-state index in [0.717, 1.165) is 6.42 Å². The van der Waals surface area contributed by atoms with Crippen molar-refractivity contribution in [2.75, 3.05) is 14.1 Å². The zero-order valence-corrected chi connectivity index (χ0v) is 9.77. The van der Waals surface area contributed by atoms with Crippen LogP contribution in [0.5, 0.6) is 0 Å². The fraction of sp³-hybridized carbons (Fsp3) is 0.385. The van der Waals surface area contributed by atoms with Crippen LogP contribution in [-0.2, 0) is 6.42 Å². The monoisotopic (exact) mass is 206 g/mol. The normalized spacial score (nSPS) is 15.7. The van der Waals surface area contributed by atoms with Crippen LogP contribution in [0.15, 0.2) is 43.0 Å². The summed E-state index contributed by atoms with van der Waals surface area (Å²) in [5.74, 6) is 0. The van der Waals surface area contributed by atoms with Crippen LogP contribution >= 0.6 is 0 Å². The predicted molar refractivity (Wildman–Crippen MR) is 62.6 cm³/mol. The highest BCUT2D eigenvalue weighted by Gasteiger charge is 2.38. The third-order valence-electron chi connectivity index (χ3n) is 3.09. The average Bonchev–Trinajstić information content (AvgIpc) is 2.17. The van der Waals surface area contributed by atoms with Crippen molar-refractivity contribution >= 4 is 0 Å². The zero-order chi connectivity index (χ0) is 11.5. The summed E-state index contributed by atoms with van der Waals surface area (Å²) in [5, 5.41) is 10.1. The molecule has 0 aromatic heterocycles.